The maximum absolute atomic E-state index is 10.7. The molecule has 0 aromatic heterocycles. The van der Waals surface area contributed by atoms with Crippen molar-refractivity contribution in [2.75, 3.05) is 18.7 Å². The second-order valence-corrected chi connectivity index (χ2v) is 5.22. The molecule has 0 saturated heterocycles. The quantitative estimate of drug-likeness (QED) is 0.497. The first-order chi connectivity index (χ1) is 10.1. The van der Waals surface area contributed by atoms with E-state index in [1.165, 1.54) is 24.1 Å². The maximum Gasteiger partial charge on any atom is 0.273 e. The number of nitro benzene ring substituents is 1. The molecule has 5 nitrogen and oxygen atoms in total. The van der Waals surface area contributed by atoms with Gasteiger partial charge in [0, 0.05) is 17.5 Å². The van der Waals surface area contributed by atoms with Crippen LogP contribution in [0.2, 0.25) is 0 Å². The molecule has 0 aliphatic heterocycles. The number of rotatable bonds is 6. The molecular formula is C15H16N2O3S. The molecule has 0 spiro atoms. The molecule has 0 aliphatic carbocycles. The molecule has 110 valence electrons. The molecule has 0 atom stereocenters. The largest absolute Gasteiger partial charge is 0.494 e. The SMILES string of the molecule is COc1cc([N+](=O)[O-])ccc1NCc1ccc(SC)cc1. The van der Waals surface area contributed by atoms with E-state index in [2.05, 4.69) is 29.6 Å². The lowest BCUT2D eigenvalue weighted by Gasteiger charge is -2.11. The highest BCUT2D eigenvalue weighted by Crippen LogP contribution is 2.29. The van der Waals surface area contributed by atoms with Crippen molar-refractivity contribution in [2.45, 2.75) is 11.4 Å². The van der Waals surface area contributed by atoms with E-state index >= 15 is 0 Å². The minimum atomic E-state index is -0.437. The third-order valence-corrected chi connectivity index (χ3v) is 3.78. The Morgan fingerprint density at radius 2 is 1.95 bits per heavy atom. The van der Waals surface area contributed by atoms with Crippen molar-refractivity contribution >= 4 is 23.1 Å². The number of hydrogen-bond donors (Lipinski definition) is 1. The topological polar surface area (TPSA) is 64.4 Å². The average Bonchev–Trinajstić information content (AvgIpc) is 2.53. The van der Waals surface area contributed by atoms with E-state index in [-0.39, 0.29) is 5.69 Å². The Balaban J connectivity index is 2.09. The van der Waals surface area contributed by atoms with E-state index < -0.39 is 4.92 Å². The summed E-state index contributed by atoms with van der Waals surface area (Å²) < 4.78 is 5.19. The van der Waals surface area contributed by atoms with Gasteiger partial charge in [0.2, 0.25) is 0 Å². The van der Waals surface area contributed by atoms with Gasteiger partial charge in [-0.3, -0.25) is 10.1 Å². The van der Waals surface area contributed by atoms with Crippen LogP contribution in [0.1, 0.15) is 5.56 Å². The van der Waals surface area contributed by atoms with E-state index in [0.29, 0.717) is 12.3 Å². The molecule has 21 heavy (non-hydrogen) atoms. The van der Waals surface area contributed by atoms with Crippen molar-refractivity contribution in [3.05, 3.63) is 58.1 Å². The first-order valence-corrected chi connectivity index (χ1v) is 7.55. The van der Waals surface area contributed by atoms with Crippen LogP contribution in [-0.2, 0) is 6.54 Å². The number of anilines is 1. The second kappa shape index (κ2) is 6.99. The van der Waals surface area contributed by atoms with Crippen LogP contribution in [0.5, 0.6) is 5.75 Å². The maximum atomic E-state index is 10.7. The lowest BCUT2D eigenvalue weighted by atomic mass is 10.2. The molecule has 2 rings (SSSR count). The van der Waals surface area contributed by atoms with Crippen molar-refractivity contribution in [3.63, 3.8) is 0 Å². The Bertz CT molecular complexity index is 629. The van der Waals surface area contributed by atoms with Crippen molar-refractivity contribution in [1.29, 1.82) is 0 Å². The standard InChI is InChI=1S/C15H16N2O3S/c1-20-15-9-12(17(18)19)5-8-14(15)16-10-11-3-6-13(21-2)7-4-11/h3-9,16H,10H2,1-2H3. The van der Waals surface area contributed by atoms with Crippen LogP contribution >= 0.6 is 11.8 Å². The van der Waals surface area contributed by atoms with E-state index in [0.717, 1.165) is 11.3 Å². The zero-order chi connectivity index (χ0) is 15.2. The number of ether oxygens (including phenoxy) is 1. The molecule has 0 aliphatic rings. The minimum Gasteiger partial charge on any atom is -0.494 e. The highest BCUT2D eigenvalue weighted by atomic mass is 32.2. The van der Waals surface area contributed by atoms with Crippen molar-refractivity contribution in [1.82, 2.24) is 0 Å². The van der Waals surface area contributed by atoms with E-state index in [1.54, 1.807) is 17.8 Å². The molecule has 1 N–H and O–H groups in total. The van der Waals surface area contributed by atoms with Crippen LogP contribution in [0.15, 0.2) is 47.4 Å². The molecule has 0 heterocycles. The Labute approximate surface area is 127 Å². The molecule has 0 unspecified atom stereocenters. The van der Waals surface area contributed by atoms with Gasteiger partial charge in [0.05, 0.1) is 23.8 Å². The summed E-state index contributed by atoms with van der Waals surface area (Å²) >= 11 is 1.70. The Hall–Kier alpha value is -2.21. The van der Waals surface area contributed by atoms with Gasteiger partial charge in [-0.05, 0) is 30.0 Å². The van der Waals surface area contributed by atoms with Crippen molar-refractivity contribution in [3.8, 4) is 5.75 Å². The van der Waals surface area contributed by atoms with Gasteiger partial charge in [-0.15, -0.1) is 11.8 Å². The predicted octanol–water partition coefficient (Wildman–Crippen LogP) is 3.94. The third-order valence-electron chi connectivity index (χ3n) is 3.04. The van der Waals surface area contributed by atoms with Crippen molar-refractivity contribution < 1.29 is 9.66 Å². The molecule has 0 fully saturated rings. The predicted molar refractivity (Wildman–Crippen MR) is 85.2 cm³/mol. The lowest BCUT2D eigenvalue weighted by molar-refractivity contribution is -0.384. The third kappa shape index (κ3) is 3.88. The van der Waals surface area contributed by atoms with Gasteiger partial charge in [0.25, 0.3) is 5.69 Å². The number of nitrogens with zero attached hydrogens (tertiary/aromatic N) is 1. The van der Waals surface area contributed by atoms with Crippen LogP contribution < -0.4 is 10.1 Å². The summed E-state index contributed by atoms with van der Waals surface area (Å²) in [5.41, 5.74) is 1.88. The molecule has 2 aromatic carbocycles. The van der Waals surface area contributed by atoms with E-state index in [4.69, 9.17) is 4.74 Å². The average molecular weight is 304 g/mol. The molecule has 0 amide bonds. The van der Waals surface area contributed by atoms with Crippen LogP contribution in [-0.4, -0.2) is 18.3 Å². The number of non-ortho nitro benzene ring substituents is 1. The van der Waals surface area contributed by atoms with Crippen LogP contribution in [0.25, 0.3) is 0 Å². The number of nitrogens with one attached hydrogen (secondary N) is 1. The Morgan fingerprint density at radius 1 is 1.24 bits per heavy atom. The molecule has 0 bridgehead atoms. The first kappa shape index (κ1) is 15.2. The van der Waals surface area contributed by atoms with Gasteiger partial charge in [-0.2, -0.15) is 0 Å². The van der Waals surface area contributed by atoms with Gasteiger partial charge < -0.3 is 10.1 Å². The summed E-state index contributed by atoms with van der Waals surface area (Å²) in [5, 5.41) is 14.0. The molecule has 0 radical (unpaired) electrons. The smallest absolute Gasteiger partial charge is 0.273 e. The molecule has 0 saturated carbocycles. The van der Waals surface area contributed by atoms with Gasteiger partial charge in [-0.25, -0.2) is 0 Å². The van der Waals surface area contributed by atoms with E-state index in [1.807, 2.05) is 6.26 Å². The van der Waals surface area contributed by atoms with Gasteiger partial charge >= 0.3 is 0 Å². The summed E-state index contributed by atoms with van der Waals surface area (Å²) in [5.74, 6) is 0.463. The highest BCUT2D eigenvalue weighted by Gasteiger charge is 2.11. The summed E-state index contributed by atoms with van der Waals surface area (Å²) in [7, 11) is 1.50. The lowest BCUT2D eigenvalue weighted by Crippen LogP contribution is -2.02. The minimum absolute atomic E-state index is 0.0155. The summed E-state index contributed by atoms with van der Waals surface area (Å²) in [6.45, 7) is 0.628. The van der Waals surface area contributed by atoms with Gasteiger partial charge in [0.15, 0.2) is 0 Å². The Morgan fingerprint density at radius 3 is 2.52 bits per heavy atom. The fraction of sp³-hybridized carbons (Fsp3) is 0.200. The summed E-state index contributed by atoms with van der Waals surface area (Å²) in [6.07, 6.45) is 2.04. The fourth-order valence-electron chi connectivity index (χ4n) is 1.88. The van der Waals surface area contributed by atoms with Gasteiger partial charge in [0.1, 0.15) is 5.75 Å². The van der Waals surface area contributed by atoms with Crippen LogP contribution in [0.4, 0.5) is 11.4 Å². The molecular weight excluding hydrogens is 288 g/mol. The monoisotopic (exact) mass is 304 g/mol. The second-order valence-electron chi connectivity index (χ2n) is 4.34. The number of hydrogen-bond acceptors (Lipinski definition) is 5. The summed E-state index contributed by atoms with van der Waals surface area (Å²) in [6, 6.07) is 12.8. The van der Waals surface area contributed by atoms with E-state index in [9.17, 15) is 10.1 Å². The molecule has 6 heteroatoms. The normalized spacial score (nSPS) is 10.2. The summed E-state index contributed by atoms with van der Waals surface area (Å²) in [4.78, 5) is 11.5. The number of nitro groups is 1. The van der Waals surface area contributed by atoms with Crippen molar-refractivity contribution in [2.24, 2.45) is 0 Å². The fourth-order valence-corrected chi connectivity index (χ4v) is 2.29. The molecule has 2 aromatic rings. The zero-order valence-corrected chi connectivity index (χ0v) is 12.6. The number of thioether (sulfide) groups is 1. The Kier molecular flexibility index (Phi) is 5.05. The number of benzene rings is 2. The first-order valence-electron chi connectivity index (χ1n) is 6.33. The van der Waals surface area contributed by atoms with Gasteiger partial charge in [-0.1, -0.05) is 12.1 Å². The van der Waals surface area contributed by atoms with Crippen LogP contribution in [0.3, 0.4) is 0 Å². The highest BCUT2D eigenvalue weighted by molar-refractivity contribution is 7.98. The number of methoxy groups -OCH3 is 1. The van der Waals surface area contributed by atoms with Crippen LogP contribution in [0, 0.1) is 10.1 Å². The zero-order valence-electron chi connectivity index (χ0n) is 11.8.